The number of benzene rings is 2. The quantitative estimate of drug-likeness (QED) is 0.554. The molecule has 1 heterocycles. The average Bonchev–Trinajstić information content (AvgIpc) is 3.46. The molecule has 1 aromatic heterocycles. The van der Waals surface area contributed by atoms with E-state index in [1.54, 1.807) is 19.3 Å². The fraction of sp³-hybridized carbons (Fsp3) is 0.304. The third kappa shape index (κ3) is 5.05. The second-order valence-corrected chi connectivity index (χ2v) is 10.2. The van der Waals surface area contributed by atoms with Gasteiger partial charge in [0.1, 0.15) is 5.82 Å². The number of carbonyl (C=O) groups is 1. The Bertz CT molecular complexity index is 1250. The number of nitrogens with zero attached hydrogens (tertiary/aromatic N) is 2. The minimum Gasteiger partial charge on any atom is -0.473 e. The maximum Gasteiger partial charge on any atom is 0.271 e. The molecule has 1 aliphatic carbocycles. The van der Waals surface area contributed by atoms with E-state index in [1.165, 1.54) is 28.9 Å². The number of halogens is 2. The van der Waals surface area contributed by atoms with E-state index in [-0.39, 0.29) is 16.5 Å². The van der Waals surface area contributed by atoms with Crippen LogP contribution < -0.4 is 10.1 Å². The van der Waals surface area contributed by atoms with E-state index in [2.05, 4.69) is 10.4 Å². The molecule has 3 aromatic rings. The first-order valence-corrected chi connectivity index (χ1v) is 12.0. The van der Waals surface area contributed by atoms with Gasteiger partial charge in [-0.15, -0.1) is 0 Å². The normalized spacial score (nSPS) is 15.4. The van der Waals surface area contributed by atoms with E-state index in [1.807, 2.05) is 0 Å². The van der Waals surface area contributed by atoms with Gasteiger partial charge in [-0.25, -0.2) is 17.2 Å². The number of ether oxygens (including phenoxy) is 1. The second-order valence-electron chi connectivity index (χ2n) is 7.96. The van der Waals surface area contributed by atoms with Crippen LogP contribution in [0.2, 0.25) is 0 Å². The van der Waals surface area contributed by atoms with Crippen molar-refractivity contribution < 1.29 is 26.7 Å². The van der Waals surface area contributed by atoms with E-state index in [0.717, 1.165) is 25.0 Å². The van der Waals surface area contributed by atoms with E-state index >= 15 is 0 Å². The molecular weight excluding hydrogens is 452 g/mol. The number of rotatable bonds is 7. The van der Waals surface area contributed by atoms with Gasteiger partial charge >= 0.3 is 0 Å². The Morgan fingerprint density at radius 1 is 1.12 bits per heavy atom. The molecule has 1 N–H and O–H groups in total. The molecular formula is C23H23F2N3O4S. The molecule has 0 radical (unpaired) electrons. The van der Waals surface area contributed by atoms with E-state index in [4.69, 9.17) is 4.74 Å². The number of hydrogen-bond donors (Lipinski definition) is 1. The number of aryl methyl sites for hydroxylation is 1. The molecule has 1 atom stereocenters. The van der Waals surface area contributed by atoms with Crippen molar-refractivity contribution in [1.29, 1.82) is 0 Å². The highest BCUT2D eigenvalue weighted by Crippen LogP contribution is 2.31. The lowest BCUT2D eigenvalue weighted by Crippen LogP contribution is -2.26. The van der Waals surface area contributed by atoms with Crippen LogP contribution in [0, 0.1) is 11.6 Å². The number of hydrogen-bond acceptors (Lipinski definition) is 5. The summed E-state index contributed by atoms with van der Waals surface area (Å²) in [5.74, 6) is -2.46. The zero-order valence-electron chi connectivity index (χ0n) is 17.9. The molecule has 1 aliphatic rings. The summed E-state index contributed by atoms with van der Waals surface area (Å²) >= 11 is 0. The summed E-state index contributed by atoms with van der Waals surface area (Å²) < 4.78 is 60.3. The van der Waals surface area contributed by atoms with Gasteiger partial charge < -0.3 is 10.1 Å². The topological polar surface area (TPSA) is 90.3 Å². The Morgan fingerprint density at radius 2 is 1.82 bits per heavy atom. The van der Waals surface area contributed by atoms with Crippen LogP contribution in [0.15, 0.2) is 59.6 Å². The third-order valence-electron chi connectivity index (χ3n) is 5.59. The van der Waals surface area contributed by atoms with Gasteiger partial charge in [0.25, 0.3) is 5.91 Å². The second kappa shape index (κ2) is 9.30. The molecule has 1 fully saturated rings. The molecule has 174 valence electrons. The van der Waals surface area contributed by atoms with Gasteiger partial charge in [-0.3, -0.25) is 9.48 Å². The number of aromatic nitrogens is 2. The zero-order valence-corrected chi connectivity index (χ0v) is 18.7. The summed E-state index contributed by atoms with van der Waals surface area (Å²) in [6.07, 6.45) is 3.32. The Hall–Kier alpha value is -3.27. The van der Waals surface area contributed by atoms with Crippen molar-refractivity contribution in [3.05, 3.63) is 71.9 Å². The van der Waals surface area contributed by atoms with Crippen molar-refractivity contribution in [3.63, 3.8) is 0 Å². The predicted octanol–water partition coefficient (Wildman–Crippen LogP) is 4.17. The Morgan fingerprint density at radius 3 is 2.42 bits per heavy atom. The van der Waals surface area contributed by atoms with Crippen molar-refractivity contribution in [3.8, 4) is 5.75 Å². The molecule has 1 unspecified atom stereocenters. The van der Waals surface area contributed by atoms with Crippen molar-refractivity contribution in [1.82, 2.24) is 9.78 Å². The summed E-state index contributed by atoms with van der Waals surface area (Å²) in [4.78, 5) is 13.2. The number of amides is 1. The molecule has 4 rings (SSSR count). The fourth-order valence-electron chi connectivity index (χ4n) is 3.87. The summed E-state index contributed by atoms with van der Waals surface area (Å²) in [6.45, 7) is 0. The smallest absolute Gasteiger partial charge is 0.271 e. The first-order chi connectivity index (χ1) is 15.7. The van der Waals surface area contributed by atoms with Gasteiger partial charge in [0, 0.05) is 30.9 Å². The number of sulfone groups is 1. The van der Waals surface area contributed by atoms with Crippen LogP contribution in [0.3, 0.4) is 0 Å². The number of carbonyl (C=O) groups excluding carboxylic acids is 1. The summed E-state index contributed by atoms with van der Waals surface area (Å²) in [5.41, 5.74) is 0.303. The summed E-state index contributed by atoms with van der Waals surface area (Å²) in [6, 6.07) is 10.1. The molecule has 1 saturated carbocycles. The molecule has 33 heavy (non-hydrogen) atoms. The summed E-state index contributed by atoms with van der Waals surface area (Å²) in [5, 5.41) is 6.26. The first kappa shape index (κ1) is 22.9. The highest BCUT2D eigenvalue weighted by Gasteiger charge is 2.31. The van der Waals surface area contributed by atoms with Crippen LogP contribution >= 0.6 is 0 Å². The SMILES string of the molecule is Cn1ccc(NC(=O)C(Oc2ccc(F)cc2F)c2ccc(S(=O)(=O)C3CCCC3)cc2)n1. The van der Waals surface area contributed by atoms with Gasteiger partial charge in [-0.2, -0.15) is 5.10 Å². The molecule has 0 spiro atoms. The van der Waals surface area contributed by atoms with Crippen molar-refractivity contribution in [2.45, 2.75) is 41.9 Å². The highest BCUT2D eigenvalue weighted by molar-refractivity contribution is 7.92. The highest BCUT2D eigenvalue weighted by atomic mass is 32.2. The van der Waals surface area contributed by atoms with Crippen molar-refractivity contribution >= 4 is 21.6 Å². The van der Waals surface area contributed by atoms with Crippen LogP contribution in [0.1, 0.15) is 37.4 Å². The van der Waals surface area contributed by atoms with Gasteiger partial charge in [0.05, 0.1) is 10.1 Å². The molecule has 10 heteroatoms. The fourth-order valence-corrected chi connectivity index (χ4v) is 5.72. The molecule has 0 saturated heterocycles. The van der Waals surface area contributed by atoms with E-state index in [0.29, 0.717) is 24.5 Å². The largest absolute Gasteiger partial charge is 0.473 e. The Labute approximate surface area is 190 Å². The lowest BCUT2D eigenvalue weighted by Gasteiger charge is -2.20. The molecule has 2 aromatic carbocycles. The van der Waals surface area contributed by atoms with Gasteiger partial charge in [0.2, 0.25) is 6.10 Å². The Balaban J connectivity index is 1.63. The van der Waals surface area contributed by atoms with Crippen LogP contribution in [0.5, 0.6) is 5.75 Å². The standard InChI is InChI=1S/C23H23F2N3O4S/c1-28-13-12-21(27-28)26-23(29)22(32-20-11-8-16(24)14-19(20)25)15-6-9-18(10-7-15)33(30,31)17-4-2-3-5-17/h6-14,17,22H,2-5H2,1H3,(H,26,27,29). The minimum atomic E-state index is -3.47. The minimum absolute atomic E-state index is 0.162. The molecule has 1 amide bonds. The zero-order chi connectivity index (χ0) is 23.6. The maximum absolute atomic E-state index is 14.2. The van der Waals surface area contributed by atoms with E-state index < -0.39 is 38.7 Å². The molecule has 7 nitrogen and oxygen atoms in total. The average molecular weight is 476 g/mol. The number of nitrogens with one attached hydrogen (secondary N) is 1. The summed E-state index contributed by atoms with van der Waals surface area (Å²) in [7, 11) is -1.79. The van der Waals surface area contributed by atoms with Gasteiger partial charge in [-0.05, 0) is 37.1 Å². The van der Waals surface area contributed by atoms with E-state index in [9.17, 15) is 22.0 Å². The maximum atomic E-state index is 14.2. The predicted molar refractivity (Wildman–Crippen MR) is 117 cm³/mol. The monoisotopic (exact) mass is 475 g/mol. The number of anilines is 1. The third-order valence-corrected chi connectivity index (χ3v) is 7.87. The Kier molecular flexibility index (Phi) is 6.46. The van der Waals surface area contributed by atoms with Crippen LogP contribution in [0.25, 0.3) is 0 Å². The van der Waals surface area contributed by atoms with Crippen LogP contribution in [-0.4, -0.2) is 29.4 Å². The first-order valence-electron chi connectivity index (χ1n) is 10.5. The van der Waals surface area contributed by atoms with Gasteiger partial charge in [-0.1, -0.05) is 25.0 Å². The lowest BCUT2D eigenvalue weighted by molar-refractivity contribution is -0.123. The van der Waals surface area contributed by atoms with Crippen LogP contribution in [0.4, 0.5) is 14.6 Å². The lowest BCUT2D eigenvalue weighted by atomic mass is 10.1. The van der Waals surface area contributed by atoms with Crippen molar-refractivity contribution in [2.75, 3.05) is 5.32 Å². The van der Waals surface area contributed by atoms with Crippen LogP contribution in [-0.2, 0) is 21.7 Å². The molecule has 0 bridgehead atoms. The molecule has 0 aliphatic heterocycles. The van der Waals surface area contributed by atoms with Crippen molar-refractivity contribution in [2.24, 2.45) is 7.05 Å². The van der Waals surface area contributed by atoms with Gasteiger partial charge in [0.15, 0.2) is 27.2 Å².